The summed E-state index contributed by atoms with van der Waals surface area (Å²) in [5.41, 5.74) is 0. The van der Waals surface area contributed by atoms with Crippen LogP contribution in [0.5, 0.6) is 0 Å². The highest BCUT2D eigenvalue weighted by atomic mass is 32.2. The average Bonchev–Trinajstić information content (AvgIpc) is 2.19. The van der Waals surface area contributed by atoms with Gasteiger partial charge in [0, 0.05) is 6.42 Å². The summed E-state index contributed by atoms with van der Waals surface area (Å²) in [5.74, 6) is -0.119. The normalized spacial score (nSPS) is 11.6. The van der Waals surface area contributed by atoms with E-state index in [1.54, 1.807) is 0 Å². The molecule has 0 aromatic heterocycles. The van der Waals surface area contributed by atoms with Crippen LogP contribution in [0.4, 0.5) is 0 Å². The molecule has 0 aliphatic rings. The summed E-state index contributed by atoms with van der Waals surface area (Å²) in [6.45, 7) is 0. The quantitative estimate of drug-likeness (QED) is 0.347. The first-order valence-corrected chi connectivity index (χ1v) is 7.56. The molecule has 0 rings (SSSR count). The van der Waals surface area contributed by atoms with Gasteiger partial charge in [-0.1, -0.05) is 38.5 Å². The molecule has 0 bridgehead atoms. The predicted molar refractivity (Wildman–Crippen MR) is 64.0 cm³/mol. The zero-order valence-corrected chi connectivity index (χ0v) is 10.5. The molecule has 0 radical (unpaired) electrons. The van der Waals surface area contributed by atoms with Crippen molar-refractivity contribution in [2.75, 3.05) is 5.75 Å². The first kappa shape index (κ1) is 15.6. The molecule has 4 nitrogen and oxygen atoms in total. The third kappa shape index (κ3) is 13.6. The number of rotatable bonds is 11. The fourth-order valence-corrected chi connectivity index (χ4v) is 2.14. The lowest BCUT2D eigenvalue weighted by Gasteiger charge is -2.00. The molecule has 0 aromatic carbocycles. The molecule has 5 heteroatoms. The van der Waals surface area contributed by atoms with Crippen LogP contribution in [0.25, 0.3) is 0 Å². The van der Waals surface area contributed by atoms with Gasteiger partial charge in [-0.15, -0.1) is 0 Å². The van der Waals surface area contributed by atoms with Gasteiger partial charge in [0.2, 0.25) is 0 Å². The van der Waals surface area contributed by atoms with Crippen molar-refractivity contribution in [2.45, 2.75) is 57.8 Å². The molecule has 0 fully saturated rings. The Morgan fingerprint density at radius 2 is 1.25 bits per heavy atom. The van der Waals surface area contributed by atoms with Crippen LogP contribution in [0.2, 0.25) is 0 Å². The maximum atomic E-state index is 10.4. The third-order valence-corrected chi connectivity index (χ3v) is 3.28. The Hall–Kier alpha value is -0.420. The van der Waals surface area contributed by atoms with E-state index < -0.39 is 10.1 Å². The molecular formula is C11H22O4S. The van der Waals surface area contributed by atoms with Crippen LogP contribution in [-0.4, -0.2) is 25.0 Å². The lowest BCUT2D eigenvalue weighted by Crippen LogP contribution is -2.03. The summed E-state index contributed by atoms with van der Waals surface area (Å²) in [6, 6.07) is 0. The van der Waals surface area contributed by atoms with Crippen LogP contribution in [-0.2, 0) is 14.9 Å². The van der Waals surface area contributed by atoms with E-state index in [1.165, 1.54) is 0 Å². The largest absolute Gasteiger partial charge is 0.303 e. The minimum Gasteiger partial charge on any atom is -0.303 e. The second-order valence-electron chi connectivity index (χ2n) is 4.07. The van der Waals surface area contributed by atoms with E-state index in [0.717, 1.165) is 51.2 Å². The molecule has 16 heavy (non-hydrogen) atoms. The highest BCUT2D eigenvalue weighted by Gasteiger charge is 2.02. The van der Waals surface area contributed by atoms with Gasteiger partial charge in [0.05, 0.1) is 5.75 Å². The second-order valence-corrected chi connectivity index (χ2v) is 5.64. The predicted octanol–water partition coefficient (Wildman–Crippen LogP) is 2.58. The van der Waals surface area contributed by atoms with Gasteiger partial charge < -0.3 is 4.79 Å². The van der Waals surface area contributed by atoms with Crippen molar-refractivity contribution in [3.63, 3.8) is 0 Å². The molecule has 96 valence electrons. The Labute approximate surface area is 98.2 Å². The number of hydrogen-bond donors (Lipinski definition) is 1. The summed E-state index contributed by atoms with van der Waals surface area (Å²) in [6.07, 6.45) is 9.50. The summed E-state index contributed by atoms with van der Waals surface area (Å²) < 4.78 is 29.3. The average molecular weight is 250 g/mol. The van der Waals surface area contributed by atoms with Gasteiger partial charge in [-0.25, -0.2) is 0 Å². The highest BCUT2D eigenvalue weighted by Crippen LogP contribution is 2.09. The first-order chi connectivity index (χ1) is 7.56. The molecule has 0 saturated carbocycles. The molecule has 0 unspecified atom stereocenters. The van der Waals surface area contributed by atoms with Crippen molar-refractivity contribution in [3.05, 3.63) is 0 Å². The van der Waals surface area contributed by atoms with Crippen LogP contribution in [0, 0.1) is 0 Å². The number of carbonyl (C=O) groups excluding carboxylic acids is 1. The standard InChI is InChI=1S/C11H22O4S/c12-10-8-6-4-2-1-3-5-7-9-11-16(13,14)15/h10H,1-9,11H2,(H,13,14,15). The molecule has 0 amide bonds. The van der Waals surface area contributed by atoms with Gasteiger partial charge in [-0.2, -0.15) is 8.42 Å². The summed E-state index contributed by atoms with van der Waals surface area (Å²) in [7, 11) is -3.76. The molecule has 0 heterocycles. The lowest BCUT2D eigenvalue weighted by molar-refractivity contribution is -0.107. The summed E-state index contributed by atoms with van der Waals surface area (Å²) >= 11 is 0. The number of hydrogen-bond acceptors (Lipinski definition) is 3. The van der Waals surface area contributed by atoms with Crippen molar-refractivity contribution in [1.29, 1.82) is 0 Å². The minimum atomic E-state index is -3.76. The van der Waals surface area contributed by atoms with Gasteiger partial charge >= 0.3 is 0 Å². The molecule has 0 aliphatic carbocycles. The van der Waals surface area contributed by atoms with Crippen LogP contribution in [0.3, 0.4) is 0 Å². The first-order valence-electron chi connectivity index (χ1n) is 5.95. The Kier molecular flexibility index (Phi) is 9.52. The Morgan fingerprint density at radius 1 is 0.812 bits per heavy atom. The van der Waals surface area contributed by atoms with Crippen molar-refractivity contribution in [2.24, 2.45) is 0 Å². The topological polar surface area (TPSA) is 71.4 Å². The fraction of sp³-hybridized carbons (Fsp3) is 0.909. The maximum Gasteiger partial charge on any atom is 0.264 e. The molecule has 0 aromatic rings. The van der Waals surface area contributed by atoms with E-state index >= 15 is 0 Å². The highest BCUT2D eigenvalue weighted by molar-refractivity contribution is 7.85. The van der Waals surface area contributed by atoms with Crippen LogP contribution < -0.4 is 0 Å². The fourth-order valence-electron chi connectivity index (χ4n) is 1.57. The van der Waals surface area contributed by atoms with Crippen LogP contribution >= 0.6 is 0 Å². The van der Waals surface area contributed by atoms with Gasteiger partial charge in [0.1, 0.15) is 6.29 Å². The SMILES string of the molecule is O=CCCCCCCCCCCS(=O)(=O)O. The van der Waals surface area contributed by atoms with E-state index in [2.05, 4.69) is 0 Å². The molecule has 0 atom stereocenters. The van der Waals surface area contributed by atoms with E-state index in [4.69, 9.17) is 4.55 Å². The van der Waals surface area contributed by atoms with Crippen molar-refractivity contribution < 1.29 is 17.8 Å². The van der Waals surface area contributed by atoms with Crippen molar-refractivity contribution in [3.8, 4) is 0 Å². The number of carbonyl (C=O) groups is 1. The molecule has 0 spiro atoms. The monoisotopic (exact) mass is 250 g/mol. The van der Waals surface area contributed by atoms with Crippen LogP contribution in [0.15, 0.2) is 0 Å². The van der Waals surface area contributed by atoms with E-state index in [9.17, 15) is 13.2 Å². The van der Waals surface area contributed by atoms with Crippen molar-refractivity contribution in [1.82, 2.24) is 0 Å². The van der Waals surface area contributed by atoms with E-state index in [0.29, 0.717) is 12.8 Å². The van der Waals surface area contributed by atoms with Gasteiger partial charge in [0.15, 0.2) is 0 Å². The lowest BCUT2D eigenvalue weighted by atomic mass is 10.1. The molecule has 0 aliphatic heterocycles. The van der Waals surface area contributed by atoms with E-state index in [1.807, 2.05) is 0 Å². The van der Waals surface area contributed by atoms with Gasteiger partial charge in [0.25, 0.3) is 10.1 Å². The van der Waals surface area contributed by atoms with Crippen molar-refractivity contribution >= 4 is 16.4 Å². The smallest absolute Gasteiger partial charge is 0.264 e. The minimum absolute atomic E-state index is 0.119. The zero-order valence-electron chi connectivity index (χ0n) is 9.73. The maximum absolute atomic E-state index is 10.4. The third-order valence-electron chi connectivity index (χ3n) is 2.47. The Balaban J connectivity index is 3.07. The molecule has 0 saturated heterocycles. The molecule has 1 N–H and O–H groups in total. The molecular weight excluding hydrogens is 228 g/mol. The Morgan fingerprint density at radius 3 is 1.69 bits per heavy atom. The number of aldehydes is 1. The van der Waals surface area contributed by atoms with Crippen LogP contribution in [0.1, 0.15) is 57.8 Å². The summed E-state index contributed by atoms with van der Waals surface area (Å²) in [4.78, 5) is 10.0. The van der Waals surface area contributed by atoms with Gasteiger partial charge in [-0.05, 0) is 12.8 Å². The summed E-state index contributed by atoms with van der Waals surface area (Å²) in [5, 5.41) is 0. The second kappa shape index (κ2) is 9.78. The zero-order chi connectivity index (χ0) is 12.3. The Bertz CT molecular complexity index is 259. The van der Waals surface area contributed by atoms with Gasteiger partial charge in [-0.3, -0.25) is 4.55 Å². The van der Waals surface area contributed by atoms with E-state index in [-0.39, 0.29) is 5.75 Å². The number of unbranched alkanes of at least 4 members (excludes halogenated alkanes) is 8.